The van der Waals surface area contributed by atoms with E-state index in [1.807, 2.05) is 30.3 Å². The van der Waals surface area contributed by atoms with Crippen molar-refractivity contribution in [2.24, 2.45) is 5.92 Å². The zero-order valence-corrected chi connectivity index (χ0v) is 17.2. The van der Waals surface area contributed by atoms with Crippen molar-refractivity contribution in [3.63, 3.8) is 0 Å². The van der Waals surface area contributed by atoms with E-state index >= 15 is 0 Å². The molecule has 1 aromatic heterocycles. The van der Waals surface area contributed by atoms with Crippen LogP contribution in [0.25, 0.3) is 0 Å². The number of imide groups is 1. The molecule has 0 bridgehead atoms. The van der Waals surface area contributed by atoms with Crippen LogP contribution < -0.4 is 9.64 Å². The molecule has 1 aliphatic carbocycles. The Morgan fingerprint density at radius 3 is 2.60 bits per heavy atom. The Balaban J connectivity index is 1.52. The van der Waals surface area contributed by atoms with Crippen LogP contribution in [-0.2, 0) is 12.8 Å². The number of rotatable bonds is 3. The van der Waals surface area contributed by atoms with Crippen LogP contribution in [-0.4, -0.2) is 11.8 Å². The fourth-order valence-electron chi connectivity index (χ4n) is 4.10. The van der Waals surface area contributed by atoms with Crippen LogP contribution in [0.1, 0.15) is 50.1 Å². The number of nitrogens with zero attached hydrogens (tertiary/aromatic N) is 2. The first-order valence-electron chi connectivity index (χ1n) is 9.87. The van der Waals surface area contributed by atoms with Crippen molar-refractivity contribution in [3.8, 4) is 17.6 Å². The molecule has 5 nitrogen and oxygen atoms in total. The molecule has 1 atom stereocenters. The molecule has 0 spiro atoms. The zero-order valence-electron chi connectivity index (χ0n) is 16.3. The van der Waals surface area contributed by atoms with E-state index in [1.165, 1.54) is 16.2 Å². The average Bonchev–Trinajstić information content (AvgIpc) is 3.22. The van der Waals surface area contributed by atoms with Gasteiger partial charge < -0.3 is 4.74 Å². The number of amides is 2. The predicted molar refractivity (Wildman–Crippen MR) is 114 cm³/mol. The van der Waals surface area contributed by atoms with Crippen molar-refractivity contribution in [2.75, 3.05) is 4.90 Å². The molecule has 30 heavy (non-hydrogen) atoms. The first-order chi connectivity index (χ1) is 14.6. The first kappa shape index (κ1) is 18.6. The van der Waals surface area contributed by atoms with E-state index in [1.54, 1.807) is 18.2 Å². The van der Waals surface area contributed by atoms with Gasteiger partial charge in [0.15, 0.2) is 0 Å². The second-order valence-corrected chi connectivity index (χ2v) is 8.80. The summed E-state index contributed by atoms with van der Waals surface area (Å²) in [6, 6.07) is 16.4. The molecule has 0 radical (unpaired) electrons. The molecule has 2 amide bonds. The van der Waals surface area contributed by atoms with Crippen LogP contribution in [0.2, 0.25) is 0 Å². The van der Waals surface area contributed by atoms with E-state index in [4.69, 9.17) is 4.74 Å². The third kappa shape index (κ3) is 2.90. The Morgan fingerprint density at radius 2 is 1.83 bits per heavy atom. The van der Waals surface area contributed by atoms with E-state index in [2.05, 4.69) is 13.0 Å². The van der Waals surface area contributed by atoms with Gasteiger partial charge in [-0.3, -0.25) is 9.59 Å². The number of fused-ring (bicyclic) bond motifs is 2. The summed E-state index contributed by atoms with van der Waals surface area (Å²) < 4.78 is 5.82. The molecular weight excluding hydrogens is 396 g/mol. The van der Waals surface area contributed by atoms with Crippen LogP contribution >= 0.6 is 11.3 Å². The number of hydrogen-bond donors (Lipinski definition) is 0. The molecule has 0 fully saturated rings. The number of thiophene rings is 1. The van der Waals surface area contributed by atoms with Crippen molar-refractivity contribution in [1.82, 2.24) is 0 Å². The summed E-state index contributed by atoms with van der Waals surface area (Å²) in [5, 5.41) is 10.2. The van der Waals surface area contributed by atoms with Crippen molar-refractivity contribution in [3.05, 3.63) is 75.7 Å². The van der Waals surface area contributed by atoms with Gasteiger partial charge in [-0.15, -0.1) is 11.3 Å². The fraction of sp³-hybridized carbons (Fsp3) is 0.208. The maximum atomic E-state index is 13.2. The highest BCUT2D eigenvalue weighted by Gasteiger charge is 2.40. The van der Waals surface area contributed by atoms with Crippen LogP contribution in [0.4, 0.5) is 5.00 Å². The summed E-state index contributed by atoms with van der Waals surface area (Å²) in [6.45, 7) is 2.19. The summed E-state index contributed by atoms with van der Waals surface area (Å²) >= 11 is 1.40. The van der Waals surface area contributed by atoms with Gasteiger partial charge in [-0.25, -0.2) is 4.90 Å². The third-order valence-electron chi connectivity index (χ3n) is 5.64. The molecule has 6 heteroatoms. The standard InChI is InChI=1S/C24H18N2O3S/c1-14-7-9-17-20(13-25)24(30-21(17)11-14)26-22(27)18-10-8-16(12-19(18)23(26)28)29-15-5-3-2-4-6-15/h2-6,8,10,12,14H,7,9,11H2,1H3/t14-/m1/s1. The van der Waals surface area contributed by atoms with E-state index in [-0.39, 0.29) is 5.91 Å². The Kier molecular flexibility index (Phi) is 4.41. The fourth-order valence-corrected chi connectivity index (χ4v) is 5.56. The highest BCUT2D eigenvalue weighted by Crippen LogP contribution is 2.43. The molecule has 0 saturated carbocycles. The van der Waals surface area contributed by atoms with Crippen molar-refractivity contribution in [2.45, 2.75) is 26.2 Å². The van der Waals surface area contributed by atoms with Gasteiger partial charge in [0.05, 0.1) is 16.7 Å². The molecule has 1 aliphatic heterocycles. The number of para-hydroxylation sites is 1. The topological polar surface area (TPSA) is 70.4 Å². The average molecular weight is 414 g/mol. The molecule has 2 heterocycles. The number of carbonyl (C=O) groups excluding carboxylic acids is 2. The van der Waals surface area contributed by atoms with Gasteiger partial charge in [0.1, 0.15) is 22.6 Å². The number of anilines is 1. The number of hydrogen-bond acceptors (Lipinski definition) is 5. The van der Waals surface area contributed by atoms with Crippen LogP contribution in [0.5, 0.6) is 11.5 Å². The monoisotopic (exact) mass is 414 g/mol. The summed E-state index contributed by atoms with van der Waals surface area (Å²) in [4.78, 5) is 28.6. The normalized spacial score (nSPS) is 17.5. The van der Waals surface area contributed by atoms with Gasteiger partial charge >= 0.3 is 0 Å². The van der Waals surface area contributed by atoms with Crippen molar-refractivity contribution in [1.29, 1.82) is 5.26 Å². The summed E-state index contributed by atoms with van der Waals surface area (Å²) in [5.74, 6) is 0.886. The zero-order chi connectivity index (χ0) is 20.8. The molecule has 2 aromatic carbocycles. The quantitative estimate of drug-likeness (QED) is 0.543. The highest BCUT2D eigenvalue weighted by molar-refractivity contribution is 7.17. The first-order valence-corrected chi connectivity index (χ1v) is 10.7. The lowest BCUT2D eigenvalue weighted by Crippen LogP contribution is -2.29. The van der Waals surface area contributed by atoms with Gasteiger partial charge in [-0.1, -0.05) is 25.1 Å². The predicted octanol–water partition coefficient (Wildman–Crippen LogP) is 5.34. The highest BCUT2D eigenvalue weighted by atomic mass is 32.1. The number of ether oxygens (including phenoxy) is 1. The lowest BCUT2D eigenvalue weighted by Gasteiger charge is -2.17. The Labute approximate surface area is 178 Å². The minimum atomic E-state index is -0.406. The Hall–Kier alpha value is -3.43. The van der Waals surface area contributed by atoms with E-state index in [0.29, 0.717) is 39.1 Å². The molecule has 148 valence electrons. The van der Waals surface area contributed by atoms with Crippen LogP contribution in [0.3, 0.4) is 0 Å². The third-order valence-corrected chi connectivity index (χ3v) is 6.88. The molecular formula is C24H18N2O3S. The minimum absolute atomic E-state index is 0.303. The summed E-state index contributed by atoms with van der Waals surface area (Å²) in [5.41, 5.74) is 2.11. The van der Waals surface area contributed by atoms with Crippen molar-refractivity contribution >= 4 is 28.2 Å². The molecule has 0 unspecified atom stereocenters. The SMILES string of the molecule is C[C@@H]1CCc2c(sc(N3C(=O)c4ccc(Oc5ccccc5)cc4C3=O)c2C#N)C1. The second kappa shape index (κ2) is 7.12. The maximum absolute atomic E-state index is 13.2. The van der Waals surface area contributed by atoms with Crippen LogP contribution in [0, 0.1) is 17.2 Å². The van der Waals surface area contributed by atoms with Gasteiger partial charge in [0, 0.05) is 4.88 Å². The molecule has 3 aromatic rings. The molecule has 5 rings (SSSR count). The largest absolute Gasteiger partial charge is 0.457 e. The lowest BCUT2D eigenvalue weighted by atomic mass is 9.88. The van der Waals surface area contributed by atoms with Gasteiger partial charge in [-0.2, -0.15) is 5.26 Å². The molecule has 2 aliphatic rings. The smallest absolute Gasteiger partial charge is 0.266 e. The summed E-state index contributed by atoms with van der Waals surface area (Å²) in [7, 11) is 0. The molecule has 0 N–H and O–H groups in total. The number of carbonyl (C=O) groups is 2. The van der Waals surface area contributed by atoms with Crippen LogP contribution in [0.15, 0.2) is 48.5 Å². The van der Waals surface area contributed by atoms with E-state index < -0.39 is 5.91 Å². The molecule has 0 saturated heterocycles. The Bertz CT molecular complexity index is 1220. The summed E-state index contributed by atoms with van der Waals surface area (Å²) in [6.07, 6.45) is 2.71. The second-order valence-electron chi connectivity index (χ2n) is 7.71. The van der Waals surface area contributed by atoms with Crippen molar-refractivity contribution < 1.29 is 14.3 Å². The van der Waals surface area contributed by atoms with Gasteiger partial charge in [0.2, 0.25) is 0 Å². The van der Waals surface area contributed by atoms with Gasteiger partial charge in [-0.05, 0) is 61.1 Å². The van der Waals surface area contributed by atoms with Gasteiger partial charge in [0.25, 0.3) is 11.8 Å². The number of nitriles is 1. The maximum Gasteiger partial charge on any atom is 0.266 e. The van der Waals surface area contributed by atoms with E-state index in [0.717, 1.165) is 29.7 Å². The minimum Gasteiger partial charge on any atom is -0.457 e. The van der Waals surface area contributed by atoms with E-state index in [9.17, 15) is 14.9 Å². The number of benzene rings is 2. The lowest BCUT2D eigenvalue weighted by molar-refractivity contribution is 0.0927. The Morgan fingerprint density at radius 1 is 1.07 bits per heavy atom.